The summed E-state index contributed by atoms with van der Waals surface area (Å²) in [6, 6.07) is 24.4. The van der Waals surface area contributed by atoms with Gasteiger partial charge in [0.2, 0.25) is 12.0 Å². The number of nitrogens with one attached hydrogen (secondary N) is 1. The third kappa shape index (κ3) is 4.15. The van der Waals surface area contributed by atoms with Gasteiger partial charge in [-0.3, -0.25) is 9.59 Å². The first-order valence-corrected chi connectivity index (χ1v) is 11.6. The van der Waals surface area contributed by atoms with E-state index >= 15 is 0 Å². The van der Waals surface area contributed by atoms with Crippen molar-refractivity contribution in [3.63, 3.8) is 0 Å². The van der Waals surface area contributed by atoms with E-state index in [-0.39, 0.29) is 25.0 Å². The molecule has 6 nitrogen and oxygen atoms in total. The number of carbonyl (C=O) groups excluding carboxylic acids is 2. The third-order valence-corrected chi connectivity index (χ3v) is 6.65. The molecule has 0 aliphatic carbocycles. The third-order valence-electron chi connectivity index (χ3n) is 6.42. The Hall–Kier alpha value is -3.35. The second-order valence-corrected chi connectivity index (χ2v) is 9.24. The Kier molecular flexibility index (Phi) is 6.02. The van der Waals surface area contributed by atoms with Crippen LogP contribution < -0.4 is 10.1 Å². The van der Waals surface area contributed by atoms with Crippen LogP contribution in [0.4, 0.5) is 0 Å². The number of para-hydroxylation sites is 1. The number of hydrogen-bond acceptors (Lipinski definition) is 4. The minimum Gasteiger partial charge on any atom is -0.477 e. The fraction of sp³-hybridized carbons (Fsp3) is 0.259. The van der Waals surface area contributed by atoms with Gasteiger partial charge in [-0.2, -0.15) is 0 Å². The zero-order valence-corrected chi connectivity index (χ0v) is 19.5. The van der Waals surface area contributed by atoms with Gasteiger partial charge >= 0.3 is 0 Å². The molecule has 2 heterocycles. The molecule has 0 spiro atoms. The smallest absolute Gasteiger partial charge is 0.268 e. The average molecular weight is 477 g/mol. The standard InChI is InChI=1S/C27H25ClN2O4/c1-27(26(32)29-15-18-8-3-2-4-9-18)17-33-23-21-12-5-6-13-22(21)34-24(23)25(31)30(27)16-19-10-7-11-20(28)14-19/h2-14,23-24H,15-17H2,1H3,(H,29,32). The number of rotatable bonds is 5. The van der Waals surface area contributed by atoms with Crippen molar-refractivity contribution < 1.29 is 19.1 Å². The zero-order valence-electron chi connectivity index (χ0n) is 18.7. The van der Waals surface area contributed by atoms with Crippen molar-refractivity contribution in [1.29, 1.82) is 0 Å². The predicted molar refractivity (Wildman–Crippen MR) is 128 cm³/mol. The van der Waals surface area contributed by atoms with E-state index < -0.39 is 17.7 Å². The minimum absolute atomic E-state index is 0.0266. The van der Waals surface area contributed by atoms with Gasteiger partial charge in [-0.1, -0.05) is 72.3 Å². The maximum absolute atomic E-state index is 13.9. The number of halogens is 1. The monoisotopic (exact) mass is 476 g/mol. The van der Waals surface area contributed by atoms with E-state index in [1.807, 2.05) is 66.7 Å². The molecular formula is C27H25ClN2O4. The summed E-state index contributed by atoms with van der Waals surface area (Å²) in [5, 5.41) is 3.55. The van der Waals surface area contributed by atoms with Gasteiger partial charge in [0.25, 0.3) is 5.91 Å². The lowest BCUT2D eigenvalue weighted by molar-refractivity contribution is -0.151. The molecule has 0 bridgehead atoms. The van der Waals surface area contributed by atoms with Crippen LogP contribution in [-0.2, 0) is 27.4 Å². The van der Waals surface area contributed by atoms with Crippen molar-refractivity contribution >= 4 is 23.4 Å². The van der Waals surface area contributed by atoms with Crippen LogP contribution in [0, 0.1) is 0 Å². The second-order valence-electron chi connectivity index (χ2n) is 8.80. The Balaban J connectivity index is 1.47. The van der Waals surface area contributed by atoms with E-state index in [1.165, 1.54) is 0 Å². The van der Waals surface area contributed by atoms with Gasteiger partial charge in [-0.15, -0.1) is 0 Å². The lowest BCUT2D eigenvalue weighted by atomic mass is 9.97. The highest BCUT2D eigenvalue weighted by Crippen LogP contribution is 2.43. The number of nitrogens with zero attached hydrogens (tertiary/aromatic N) is 1. The average Bonchev–Trinajstić information content (AvgIpc) is 3.19. The van der Waals surface area contributed by atoms with Crippen LogP contribution in [0.3, 0.4) is 0 Å². The first-order valence-electron chi connectivity index (χ1n) is 11.2. The molecule has 34 heavy (non-hydrogen) atoms. The number of fused-ring (bicyclic) bond motifs is 3. The summed E-state index contributed by atoms with van der Waals surface area (Å²) in [6.45, 7) is 2.31. The SMILES string of the molecule is CC1(C(=O)NCc2ccccc2)COC2c3ccccc3OC2C(=O)N1Cc1cccc(Cl)c1. The Morgan fingerprint density at radius 2 is 1.76 bits per heavy atom. The second kappa shape index (κ2) is 9.12. The lowest BCUT2D eigenvalue weighted by Gasteiger charge is -2.38. The molecule has 0 radical (unpaired) electrons. The predicted octanol–water partition coefficient (Wildman–Crippen LogP) is 4.28. The molecule has 7 heteroatoms. The molecule has 0 saturated carbocycles. The Labute approximate surface area is 203 Å². The molecule has 5 rings (SSSR count). The minimum atomic E-state index is -1.25. The van der Waals surface area contributed by atoms with Crippen LogP contribution in [0.2, 0.25) is 5.02 Å². The van der Waals surface area contributed by atoms with E-state index in [9.17, 15) is 9.59 Å². The number of carbonyl (C=O) groups is 2. The van der Waals surface area contributed by atoms with E-state index in [0.717, 1.165) is 16.7 Å². The van der Waals surface area contributed by atoms with Crippen molar-refractivity contribution in [1.82, 2.24) is 10.2 Å². The normalized spacial score (nSPS) is 23.5. The number of amides is 2. The van der Waals surface area contributed by atoms with Gasteiger partial charge in [-0.25, -0.2) is 0 Å². The highest BCUT2D eigenvalue weighted by atomic mass is 35.5. The number of ether oxygens (including phenoxy) is 2. The molecule has 174 valence electrons. The largest absolute Gasteiger partial charge is 0.477 e. The molecule has 3 unspecified atom stereocenters. The molecule has 1 saturated heterocycles. The van der Waals surface area contributed by atoms with Crippen molar-refractivity contribution in [2.45, 2.75) is 37.8 Å². The zero-order chi connectivity index (χ0) is 23.7. The van der Waals surface area contributed by atoms with E-state index in [4.69, 9.17) is 21.1 Å². The molecule has 3 atom stereocenters. The Morgan fingerprint density at radius 1 is 1.03 bits per heavy atom. The van der Waals surface area contributed by atoms with Crippen LogP contribution in [0.5, 0.6) is 5.75 Å². The maximum atomic E-state index is 13.9. The molecule has 2 aliphatic heterocycles. The summed E-state index contributed by atoms with van der Waals surface area (Å²) in [5.41, 5.74) is 1.35. The summed E-state index contributed by atoms with van der Waals surface area (Å²) >= 11 is 6.20. The summed E-state index contributed by atoms with van der Waals surface area (Å²) in [6.07, 6.45) is -1.44. The Morgan fingerprint density at radius 3 is 2.56 bits per heavy atom. The van der Waals surface area contributed by atoms with Crippen LogP contribution >= 0.6 is 11.6 Å². The van der Waals surface area contributed by atoms with Crippen LogP contribution in [0.1, 0.15) is 29.7 Å². The van der Waals surface area contributed by atoms with Crippen molar-refractivity contribution in [3.8, 4) is 5.75 Å². The Bertz CT molecular complexity index is 1220. The molecule has 2 aliphatic rings. The van der Waals surface area contributed by atoms with Gasteiger partial charge in [0.15, 0.2) is 0 Å². The van der Waals surface area contributed by atoms with Gasteiger partial charge in [0.1, 0.15) is 17.4 Å². The van der Waals surface area contributed by atoms with Crippen molar-refractivity contribution in [2.24, 2.45) is 0 Å². The van der Waals surface area contributed by atoms with Crippen LogP contribution in [0.15, 0.2) is 78.9 Å². The highest BCUT2D eigenvalue weighted by molar-refractivity contribution is 6.30. The molecule has 2 amide bonds. The van der Waals surface area contributed by atoms with Gasteiger partial charge in [-0.05, 0) is 36.2 Å². The van der Waals surface area contributed by atoms with Crippen LogP contribution in [-0.4, -0.2) is 35.0 Å². The molecular weight excluding hydrogens is 452 g/mol. The molecule has 1 N–H and O–H groups in total. The summed E-state index contributed by atoms with van der Waals surface area (Å²) in [5.74, 6) is 0.0433. The molecule has 3 aromatic carbocycles. The fourth-order valence-corrected chi connectivity index (χ4v) is 4.71. The molecule has 0 aromatic heterocycles. The topological polar surface area (TPSA) is 67.9 Å². The molecule has 3 aromatic rings. The van der Waals surface area contributed by atoms with Gasteiger partial charge in [0.05, 0.1) is 6.61 Å². The number of benzene rings is 3. The van der Waals surface area contributed by atoms with Gasteiger partial charge in [0, 0.05) is 23.7 Å². The maximum Gasteiger partial charge on any atom is 0.268 e. The van der Waals surface area contributed by atoms with Crippen molar-refractivity contribution in [3.05, 3.63) is 101 Å². The number of hydrogen-bond donors (Lipinski definition) is 1. The quantitative estimate of drug-likeness (QED) is 0.597. The summed E-state index contributed by atoms with van der Waals surface area (Å²) in [7, 11) is 0. The van der Waals surface area contributed by atoms with Gasteiger partial charge < -0.3 is 19.7 Å². The first-order chi connectivity index (χ1) is 16.5. The summed E-state index contributed by atoms with van der Waals surface area (Å²) < 4.78 is 12.3. The van der Waals surface area contributed by atoms with Crippen LogP contribution in [0.25, 0.3) is 0 Å². The van der Waals surface area contributed by atoms with E-state index in [2.05, 4.69) is 5.32 Å². The summed E-state index contributed by atoms with van der Waals surface area (Å²) in [4.78, 5) is 29.0. The highest BCUT2D eigenvalue weighted by Gasteiger charge is 2.53. The van der Waals surface area contributed by atoms with E-state index in [0.29, 0.717) is 17.3 Å². The fourth-order valence-electron chi connectivity index (χ4n) is 4.50. The lowest BCUT2D eigenvalue weighted by Crippen LogP contribution is -2.61. The van der Waals surface area contributed by atoms with Crippen molar-refractivity contribution in [2.75, 3.05) is 6.61 Å². The molecule has 1 fully saturated rings. The first kappa shape index (κ1) is 22.4. The van der Waals surface area contributed by atoms with E-state index in [1.54, 1.807) is 24.0 Å².